The summed E-state index contributed by atoms with van der Waals surface area (Å²) in [5.41, 5.74) is 2.19. The summed E-state index contributed by atoms with van der Waals surface area (Å²) in [6.45, 7) is 5.25. The fraction of sp³-hybridized carbons (Fsp3) is 0.353. The molecule has 0 fully saturated rings. The fourth-order valence-electron chi connectivity index (χ4n) is 2.50. The molecule has 0 saturated heterocycles. The molecule has 2 atom stereocenters. The topological polar surface area (TPSA) is 24.9 Å². The third-order valence-corrected chi connectivity index (χ3v) is 4.32. The largest absolute Gasteiger partial charge is 0.309 e. The van der Waals surface area contributed by atoms with Crippen LogP contribution in [-0.4, -0.2) is 11.5 Å². The molecular formula is C17H20Cl2N2. The predicted molar refractivity (Wildman–Crippen MR) is 90.1 cm³/mol. The van der Waals surface area contributed by atoms with E-state index in [2.05, 4.69) is 24.1 Å². The average Bonchev–Trinajstić information content (AvgIpc) is 2.50. The van der Waals surface area contributed by atoms with Crippen LogP contribution in [0.15, 0.2) is 42.7 Å². The number of aromatic nitrogens is 1. The minimum Gasteiger partial charge on any atom is -0.309 e. The smallest absolute Gasteiger partial charge is 0.0468 e. The van der Waals surface area contributed by atoms with Gasteiger partial charge in [0, 0.05) is 40.0 Å². The third-order valence-electron chi connectivity index (χ3n) is 3.66. The van der Waals surface area contributed by atoms with Crippen molar-refractivity contribution in [3.63, 3.8) is 0 Å². The molecule has 1 aromatic heterocycles. The molecule has 2 rings (SSSR count). The van der Waals surface area contributed by atoms with Crippen molar-refractivity contribution < 1.29 is 0 Å². The van der Waals surface area contributed by atoms with Gasteiger partial charge in [0.1, 0.15) is 0 Å². The van der Waals surface area contributed by atoms with Crippen LogP contribution in [0.25, 0.3) is 0 Å². The van der Waals surface area contributed by atoms with E-state index >= 15 is 0 Å². The molecule has 0 spiro atoms. The third kappa shape index (κ3) is 3.97. The molecule has 112 valence electrons. The number of nitrogens with zero attached hydrogens (tertiary/aromatic N) is 1. The van der Waals surface area contributed by atoms with Crippen molar-refractivity contribution in [3.05, 3.63) is 63.9 Å². The second kappa shape index (κ2) is 7.79. The van der Waals surface area contributed by atoms with Crippen LogP contribution in [0.3, 0.4) is 0 Å². The Kier molecular flexibility index (Phi) is 6.04. The Morgan fingerprint density at radius 2 is 1.71 bits per heavy atom. The Morgan fingerprint density at radius 3 is 2.29 bits per heavy atom. The van der Waals surface area contributed by atoms with Crippen LogP contribution < -0.4 is 5.32 Å². The standard InChI is InChI=1S/C17H20Cl2N2/c1-3-9-21-17(12(2)13-7-10-20-11-8-13)16-14(18)5-4-6-15(16)19/h4-8,10-12,17,21H,3,9H2,1-2H3. The first-order valence-electron chi connectivity index (χ1n) is 7.22. The van der Waals surface area contributed by atoms with Crippen molar-refractivity contribution in [1.29, 1.82) is 0 Å². The first-order chi connectivity index (χ1) is 10.1. The summed E-state index contributed by atoms with van der Waals surface area (Å²) < 4.78 is 0. The molecule has 2 nitrogen and oxygen atoms in total. The lowest BCUT2D eigenvalue weighted by atomic mass is 9.88. The summed E-state index contributed by atoms with van der Waals surface area (Å²) in [4.78, 5) is 4.08. The number of benzene rings is 1. The summed E-state index contributed by atoms with van der Waals surface area (Å²) in [5.74, 6) is 0.247. The van der Waals surface area contributed by atoms with Crippen molar-refractivity contribution >= 4 is 23.2 Å². The van der Waals surface area contributed by atoms with Gasteiger partial charge in [-0.25, -0.2) is 0 Å². The molecule has 0 aliphatic rings. The second-order valence-electron chi connectivity index (χ2n) is 5.14. The van der Waals surface area contributed by atoms with Crippen molar-refractivity contribution in [1.82, 2.24) is 10.3 Å². The molecule has 0 aliphatic heterocycles. The summed E-state index contributed by atoms with van der Waals surface area (Å²) in [6.07, 6.45) is 4.69. The average molecular weight is 323 g/mol. The number of rotatable bonds is 6. The Bertz CT molecular complexity index is 552. The minimum atomic E-state index is 0.0774. The molecule has 0 amide bonds. The number of pyridine rings is 1. The summed E-state index contributed by atoms with van der Waals surface area (Å²) in [7, 11) is 0. The molecule has 0 bridgehead atoms. The Hall–Kier alpha value is -1.09. The highest BCUT2D eigenvalue weighted by Gasteiger charge is 2.24. The zero-order chi connectivity index (χ0) is 15.2. The molecular weight excluding hydrogens is 303 g/mol. The molecule has 2 unspecified atom stereocenters. The minimum absolute atomic E-state index is 0.0774. The summed E-state index contributed by atoms with van der Waals surface area (Å²) in [6, 6.07) is 9.81. The van der Waals surface area contributed by atoms with Gasteiger partial charge < -0.3 is 5.32 Å². The van der Waals surface area contributed by atoms with Crippen LogP contribution in [0.2, 0.25) is 10.0 Å². The van der Waals surface area contributed by atoms with Crippen molar-refractivity contribution in [2.75, 3.05) is 6.54 Å². The number of halogens is 2. The predicted octanol–water partition coefficient (Wildman–Crippen LogP) is 5.23. The fourth-order valence-corrected chi connectivity index (χ4v) is 3.13. The molecule has 0 radical (unpaired) electrons. The molecule has 4 heteroatoms. The van der Waals surface area contributed by atoms with Gasteiger partial charge >= 0.3 is 0 Å². The highest BCUT2D eigenvalue weighted by atomic mass is 35.5. The van der Waals surface area contributed by atoms with Gasteiger partial charge in [0.05, 0.1) is 0 Å². The number of hydrogen-bond acceptors (Lipinski definition) is 2. The van der Waals surface area contributed by atoms with Gasteiger partial charge in [0.2, 0.25) is 0 Å². The van der Waals surface area contributed by atoms with Crippen LogP contribution in [0.1, 0.15) is 43.4 Å². The monoisotopic (exact) mass is 322 g/mol. The van der Waals surface area contributed by atoms with E-state index in [1.807, 2.05) is 42.7 Å². The van der Waals surface area contributed by atoms with E-state index in [-0.39, 0.29) is 12.0 Å². The molecule has 1 N–H and O–H groups in total. The van der Waals surface area contributed by atoms with E-state index in [9.17, 15) is 0 Å². The molecule has 2 aromatic rings. The van der Waals surface area contributed by atoms with Crippen molar-refractivity contribution in [2.24, 2.45) is 0 Å². The molecule has 1 aromatic carbocycles. The van der Waals surface area contributed by atoms with Crippen LogP contribution in [0, 0.1) is 0 Å². The van der Waals surface area contributed by atoms with E-state index in [1.54, 1.807) is 0 Å². The van der Waals surface area contributed by atoms with Gasteiger partial charge in [-0.05, 0) is 42.8 Å². The zero-order valence-electron chi connectivity index (χ0n) is 12.3. The maximum absolute atomic E-state index is 6.40. The van der Waals surface area contributed by atoms with Crippen LogP contribution in [-0.2, 0) is 0 Å². The van der Waals surface area contributed by atoms with E-state index < -0.39 is 0 Å². The van der Waals surface area contributed by atoms with Crippen LogP contribution in [0.4, 0.5) is 0 Å². The number of nitrogens with one attached hydrogen (secondary N) is 1. The zero-order valence-corrected chi connectivity index (χ0v) is 13.8. The van der Waals surface area contributed by atoms with Gasteiger partial charge in [-0.15, -0.1) is 0 Å². The second-order valence-corrected chi connectivity index (χ2v) is 5.95. The quantitative estimate of drug-likeness (QED) is 0.787. The highest BCUT2D eigenvalue weighted by molar-refractivity contribution is 6.36. The molecule has 1 heterocycles. The Balaban J connectivity index is 2.39. The normalized spacial score (nSPS) is 13.9. The first-order valence-corrected chi connectivity index (χ1v) is 7.98. The Labute approximate surface area is 136 Å². The molecule has 21 heavy (non-hydrogen) atoms. The SMILES string of the molecule is CCCNC(c1c(Cl)cccc1Cl)C(C)c1ccncc1. The van der Waals surface area contributed by atoms with Gasteiger partial charge in [0.25, 0.3) is 0 Å². The lowest BCUT2D eigenvalue weighted by Crippen LogP contribution is -2.27. The van der Waals surface area contributed by atoms with E-state index in [0.717, 1.165) is 18.5 Å². The van der Waals surface area contributed by atoms with Gasteiger partial charge in [-0.3, -0.25) is 4.98 Å². The maximum atomic E-state index is 6.40. The summed E-state index contributed by atoms with van der Waals surface area (Å²) >= 11 is 12.8. The van der Waals surface area contributed by atoms with E-state index in [4.69, 9.17) is 23.2 Å². The van der Waals surface area contributed by atoms with Crippen molar-refractivity contribution in [3.8, 4) is 0 Å². The van der Waals surface area contributed by atoms with E-state index in [0.29, 0.717) is 10.0 Å². The van der Waals surface area contributed by atoms with Gasteiger partial charge in [0.15, 0.2) is 0 Å². The van der Waals surface area contributed by atoms with Crippen LogP contribution in [0.5, 0.6) is 0 Å². The lowest BCUT2D eigenvalue weighted by molar-refractivity contribution is 0.466. The van der Waals surface area contributed by atoms with Gasteiger partial charge in [-0.1, -0.05) is 43.1 Å². The molecule has 0 saturated carbocycles. The molecule has 0 aliphatic carbocycles. The maximum Gasteiger partial charge on any atom is 0.0468 e. The van der Waals surface area contributed by atoms with E-state index in [1.165, 1.54) is 5.56 Å². The summed E-state index contributed by atoms with van der Waals surface area (Å²) in [5, 5.41) is 4.99. The number of hydrogen-bond donors (Lipinski definition) is 1. The van der Waals surface area contributed by atoms with Gasteiger partial charge in [-0.2, -0.15) is 0 Å². The highest BCUT2D eigenvalue weighted by Crippen LogP contribution is 2.38. The Morgan fingerprint density at radius 1 is 1.10 bits per heavy atom. The lowest BCUT2D eigenvalue weighted by Gasteiger charge is -2.27. The first kappa shape index (κ1) is 16.3. The van der Waals surface area contributed by atoms with Crippen LogP contribution >= 0.6 is 23.2 Å². The van der Waals surface area contributed by atoms with Crippen molar-refractivity contribution in [2.45, 2.75) is 32.2 Å².